The molecular weight excluding hydrogens is 364 g/mol. The number of benzene rings is 2. The Kier molecular flexibility index (Phi) is 6.13. The lowest BCUT2D eigenvalue weighted by atomic mass is 9.97. The van der Waals surface area contributed by atoms with Gasteiger partial charge in [0.15, 0.2) is 0 Å². The fraction of sp³-hybridized carbons (Fsp3) is 0.350. The van der Waals surface area contributed by atoms with Crippen LogP contribution in [0.1, 0.15) is 23.2 Å². The van der Waals surface area contributed by atoms with Gasteiger partial charge in [-0.2, -0.15) is 0 Å². The minimum Gasteiger partial charge on any atom is -0.457 e. The molecule has 1 fully saturated rings. The maximum Gasteiger partial charge on any atom is 0.253 e. The summed E-state index contributed by atoms with van der Waals surface area (Å²) in [5.74, 6) is 1.52. The number of amides is 1. The summed E-state index contributed by atoms with van der Waals surface area (Å²) in [6.45, 7) is 1.62. The van der Waals surface area contributed by atoms with Crippen molar-refractivity contribution in [2.24, 2.45) is 5.92 Å². The van der Waals surface area contributed by atoms with Gasteiger partial charge in [-0.25, -0.2) is 13.1 Å². The zero-order valence-electron chi connectivity index (χ0n) is 15.3. The van der Waals surface area contributed by atoms with E-state index in [9.17, 15) is 13.2 Å². The molecule has 0 spiro atoms. The maximum absolute atomic E-state index is 12.8. The van der Waals surface area contributed by atoms with Crippen LogP contribution < -0.4 is 9.46 Å². The van der Waals surface area contributed by atoms with Crippen LogP contribution >= 0.6 is 0 Å². The highest BCUT2D eigenvalue weighted by atomic mass is 32.2. The number of hydrogen-bond acceptors (Lipinski definition) is 4. The largest absolute Gasteiger partial charge is 0.457 e. The van der Waals surface area contributed by atoms with Crippen LogP contribution in [0.25, 0.3) is 0 Å². The average molecular weight is 388 g/mol. The Hall–Kier alpha value is -2.38. The van der Waals surface area contributed by atoms with Gasteiger partial charge in [0.1, 0.15) is 11.5 Å². The van der Waals surface area contributed by atoms with Crippen LogP contribution in [-0.4, -0.2) is 45.1 Å². The van der Waals surface area contributed by atoms with Crippen molar-refractivity contribution >= 4 is 15.9 Å². The van der Waals surface area contributed by atoms with Crippen molar-refractivity contribution in [1.29, 1.82) is 0 Å². The number of nitrogens with zero attached hydrogens (tertiary/aromatic N) is 1. The monoisotopic (exact) mass is 388 g/mol. The second-order valence-electron chi connectivity index (χ2n) is 6.82. The molecule has 2 aromatic rings. The average Bonchev–Trinajstić information content (AvgIpc) is 2.67. The molecule has 0 bridgehead atoms. The number of para-hydroxylation sites is 1. The van der Waals surface area contributed by atoms with Gasteiger partial charge in [0.05, 0.1) is 6.26 Å². The molecule has 27 heavy (non-hydrogen) atoms. The van der Waals surface area contributed by atoms with Crippen LogP contribution in [0.2, 0.25) is 0 Å². The van der Waals surface area contributed by atoms with Crippen LogP contribution in [0.3, 0.4) is 0 Å². The lowest BCUT2D eigenvalue weighted by molar-refractivity contribution is 0.0676. The van der Waals surface area contributed by atoms with Gasteiger partial charge in [0, 0.05) is 25.2 Å². The molecule has 7 heteroatoms. The summed E-state index contributed by atoms with van der Waals surface area (Å²) in [6, 6.07) is 16.6. The first-order chi connectivity index (χ1) is 12.9. The molecule has 2 aromatic carbocycles. The molecule has 1 heterocycles. The number of carbonyl (C=O) groups excluding carboxylic acids is 1. The van der Waals surface area contributed by atoms with Crippen LogP contribution in [0.4, 0.5) is 0 Å². The molecule has 3 rings (SSSR count). The van der Waals surface area contributed by atoms with Crippen molar-refractivity contribution in [2.45, 2.75) is 12.8 Å². The van der Waals surface area contributed by atoms with Crippen molar-refractivity contribution < 1.29 is 17.9 Å². The summed E-state index contributed by atoms with van der Waals surface area (Å²) in [7, 11) is -3.21. The molecule has 1 N–H and O–H groups in total. The van der Waals surface area contributed by atoms with Crippen LogP contribution in [0, 0.1) is 5.92 Å². The zero-order chi connectivity index (χ0) is 19.3. The van der Waals surface area contributed by atoms with Gasteiger partial charge in [-0.15, -0.1) is 0 Å². The standard InChI is InChI=1S/C20H24N2O4S/c1-27(24,25)21-14-16-6-5-13-22(15-16)20(23)17-9-11-19(12-10-17)26-18-7-3-2-4-8-18/h2-4,7-12,16,21H,5-6,13-15H2,1H3. The molecule has 0 saturated carbocycles. The van der Waals surface area contributed by atoms with Crippen molar-refractivity contribution in [3.63, 3.8) is 0 Å². The second kappa shape index (κ2) is 8.54. The number of carbonyl (C=O) groups is 1. The third kappa shape index (κ3) is 5.80. The van der Waals surface area contributed by atoms with Gasteiger partial charge in [-0.3, -0.25) is 4.79 Å². The van der Waals surface area contributed by atoms with Gasteiger partial charge in [0.2, 0.25) is 10.0 Å². The SMILES string of the molecule is CS(=O)(=O)NCC1CCCN(C(=O)c2ccc(Oc3ccccc3)cc2)C1. The van der Waals surface area contributed by atoms with Crippen molar-refractivity contribution in [2.75, 3.05) is 25.9 Å². The molecule has 1 aliphatic heterocycles. The number of rotatable bonds is 6. The molecule has 1 atom stereocenters. The predicted molar refractivity (Wildman–Crippen MR) is 104 cm³/mol. The lowest BCUT2D eigenvalue weighted by Crippen LogP contribution is -2.43. The molecule has 0 radical (unpaired) electrons. The van der Waals surface area contributed by atoms with E-state index in [4.69, 9.17) is 4.74 Å². The van der Waals surface area contributed by atoms with Gasteiger partial charge < -0.3 is 9.64 Å². The number of piperidine rings is 1. The highest BCUT2D eigenvalue weighted by molar-refractivity contribution is 7.88. The maximum atomic E-state index is 12.8. The van der Waals surface area contributed by atoms with Gasteiger partial charge >= 0.3 is 0 Å². The Morgan fingerprint density at radius 3 is 2.44 bits per heavy atom. The molecule has 144 valence electrons. The van der Waals surface area contributed by atoms with Crippen molar-refractivity contribution in [3.8, 4) is 11.5 Å². The summed E-state index contributed by atoms with van der Waals surface area (Å²) >= 11 is 0. The predicted octanol–water partition coefficient (Wildman–Crippen LogP) is 2.88. The quantitative estimate of drug-likeness (QED) is 0.826. The summed E-state index contributed by atoms with van der Waals surface area (Å²) in [6.07, 6.45) is 2.94. The lowest BCUT2D eigenvalue weighted by Gasteiger charge is -2.32. The first kappa shape index (κ1) is 19.4. The molecule has 0 aromatic heterocycles. The van der Waals surface area contributed by atoms with Crippen molar-refractivity contribution in [3.05, 3.63) is 60.2 Å². The highest BCUT2D eigenvalue weighted by Gasteiger charge is 2.25. The molecule has 1 amide bonds. The summed E-state index contributed by atoms with van der Waals surface area (Å²) < 4.78 is 30.8. The number of ether oxygens (including phenoxy) is 1. The van der Waals surface area contributed by atoms with E-state index in [-0.39, 0.29) is 11.8 Å². The second-order valence-corrected chi connectivity index (χ2v) is 8.65. The third-order valence-electron chi connectivity index (χ3n) is 4.52. The van der Waals surface area contributed by atoms with Crippen LogP contribution in [-0.2, 0) is 10.0 Å². The number of sulfonamides is 1. The molecule has 0 aliphatic carbocycles. The Bertz CT molecular complexity index is 867. The minimum absolute atomic E-state index is 0.0367. The van der Waals surface area contributed by atoms with E-state index in [2.05, 4.69) is 4.72 Å². The van der Waals surface area contributed by atoms with Gasteiger partial charge in [-0.1, -0.05) is 18.2 Å². The minimum atomic E-state index is -3.21. The normalized spacial score (nSPS) is 17.5. The fourth-order valence-corrected chi connectivity index (χ4v) is 3.70. The molecule has 1 saturated heterocycles. The first-order valence-corrected chi connectivity index (χ1v) is 10.9. The molecular formula is C20H24N2O4S. The van der Waals surface area contributed by atoms with E-state index in [0.717, 1.165) is 24.8 Å². The van der Waals surface area contributed by atoms with E-state index in [0.29, 0.717) is 30.9 Å². The van der Waals surface area contributed by atoms with Gasteiger partial charge in [0.25, 0.3) is 5.91 Å². The zero-order valence-corrected chi connectivity index (χ0v) is 16.1. The van der Waals surface area contributed by atoms with Crippen LogP contribution in [0.5, 0.6) is 11.5 Å². The summed E-state index contributed by atoms with van der Waals surface area (Å²) in [5.41, 5.74) is 0.604. The molecule has 6 nitrogen and oxygen atoms in total. The van der Waals surface area contributed by atoms with E-state index < -0.39 is 10.0 Å². The Morgan fingerprint density at radius 2 is 1.78 bits per heavy atom. The number of nitrogens with one attached hydrogen (secondary N) is 1. The summed E-state index contributed by atoms with van der Waals surface area (Å²) in [5, 5.41) is 0. The van der Waals surface area contributed by atoms with E-state index >= 15 is 0 Å². The number of hydrogen-bond donors (Lipinski definition) is 1. The first-order valence-electron chi connectivity index (χ1n) is 8.97. The Labute approximate surface area is 160 Å². The van der Waals surface area contributed by atoms with Crippen molar-refractivity contribution in [1.82, 2.24) is 9.62 Å². The fourth-order valence-electron chi connectivity index (χ4n) is 3.16. The Morgan fingerprint density at radius 1 is 1.11 bits per heavy atom. The van der Waals surface area contributed by atoms with E-state index in [1.807, 2.05) is 30.3 Å². The molecule has 1 aliphatic rings. The highest BCUT2D eigenvalue weighted by Crippen LogP contribution is 2.23. The van der Waals surface area contributed by atoms with Gasteiger partial charge in [-0.05, 0) is 55.2 Å². The van der Waals surface area contributed by atoms with E-state index in [1.54, 1.807) is 29.2 Å². The third-order valence-corrected chi connectivity index (χ3v) is 5.21. The number of likely N-dealkylation sites (tertiary alicyclic amines) is 1. The molecule has 1 unspecified atom stereocenters. The smallest absolute Gasteiger partial charge is 0.253 e. The summed E-state index contributed by atoms with van der Waals surface area (Å²) in [4.78, 5) is 14.6. The Balaban J connectivity index is 1.59. The van der Waals surface area contributed by atoms with E-state index in [1.165, 1.54) is 0 Å². The van der Waals surface area contributed by atoms with Crippen LogP contribution in [0.15, 0.2) is 54.6 Å². The topological polar surface area (TPSA) is 75.7 Å².